The summed E-state index contributed by atoms with van der Waals surface area (Å²) >= 11 is 0. The fraction of sp³-hybridized carbons (Fsp3) is 0.833. The lowest BCUT2D eigenvalue weighted by Gasteiger charge is -2.27. The highest BCUT2D eigenvalue weighted by atomic mass is 16.6. The second-order valence-electron chi connectivity index (χ2n) is 5.41. The number of alkyl carbamates (subject to hydrolysis) is 1. The van der Waals surface area contributed by atoms with E-state index < -0.39 is 11.7 Å². The summed E-state index contributed by atoms with van der Waals surface area (Å²) < 4.78 is 5.15. The van der Waals surface area contributed by atoms with E-state index in [1.807, 2.05) is 13.8 Å². The van der Waals surface area contributed by atoms with Crippen LogP contribution in [0.2, 0.25) is 0 Å². The highest BCUT2D eigenvalue weighted by molar-refractivity contribution is 5.69. The van der Waals surface area contributed by atoms with Crippen molar-refractivity contribution in [3.8, 4) is 0 Å². The van der Waals surface area contributed by atoms with E-state index in [1.54, 1.807) is 27.7 Å². The zero-order chi connectivity index (χ0) is 12.9. The highest BCUT2D eigenvalue weighted by Crippen LogP contribution is 2.13. The van der Waals surface area contributed by atoms with Crippen LogP contribution in [-0.4, -0.2) is 24.0 Å². The third-order valence-corrected chi connectivity index (χ3v) is 2.18. The minimum atomic E-state index is -0.518. The Hall–Kier alpha value is -1.06. The van der Waals surface area contributed by atoms with Gasteiger partial charge in [0.05, 0.1) is 0 Å². The number of amides is 1. The van der Waals surface area contributed by atoms with Gasteiger partial charge in [-0.1, -0.05) is 20.8 Å². The summed E-state index contributed by atoms with van der Waals surface area (Å²) in [6.07, 6.45) is 0.377. The first kappa shape index (κ1) is 14.9. The number of rotatable bonds is 4. The van der Waals surface area contributed by atoms with Gasteiger partial charge in [-0.15, -0.1) is 0 Å². The predicted octanol–water partition coefficient (Wildman–Crippen LogP) is 2.37. The number of aldehydes is 1. The number of carbonyl (C=O) groups excluding carboxylic acids is 2. The Kier molecular flexibility index (Phi) is 5.48. The van der Waals surface area contributed by atoms with Crippen LogP contribution in [0.25, 0.3) is 0 Å². The van der Waals surface area contributed by atoms with Crippen LogP contribution < -0.4 is 5.32 Å². The molecule has 0 spiro atoms. The molecule has 0 radical (unpaired) electrons. The Labute approximate surface area is 97.7 Å². The smallest absolute Gasteiger partial charge is 0.407 e. The van der Waals surface area contributed by atoms with Crippen molar-refractivity contribution in [1.29, 1.82) is 0 Å². The number of carbonyl (C=O) groups is 2. The molecule has 0 aromatic rings. The molecule has 0 aromatic heterocycles. The molecular formula is C12H23NO3. The van der Waals surface area contributed by atoms with Gasteiger partial charge in [0.25, 0.3) is 0 Å². The average Bonchev–Trinajstić information content (AvgIpc) is 2.09. The Bertz CT molecular complexity index is 243. The monoisotopic (exact) mass is 229 g/mol. The second-order valence-corrected chi connectivity index (χ2v) is 5.41. The second kappa shape index (κ2) is 5.87. The van der Waals surface area contributed by atoms with Crippen LogP contribution in [0.5, 0.6) is 0 Å². The number of hydrogen-bond donors (Lipinski definition) is 1. The summed E-state index contributed by atoms with van der Waals surface area (Å²) in [6.45, 7) is 11.1. The molecule has 0 heterocycles. The van der Waals surface area contributed by atoms with Crippen molar-refractivity contribution in [2.45, 2.75) is 53.2 Å². The molecule has 0 aromatic carbocycles. The van der Waals surface area contributed by atoms with Gasteiger partial charge in [-0.05, 0) is 26.7 Å². The largest absolute Gasteiger partial charge is 0.444 e. The van der Waals surface area contributed by atoms with E-state index in [4.69, 9.17) is 4.74 Å². The van der Waals surface area contributed by atoms with Gasteiger partial charge in [0, 0.05) is 12.0 Å². The third kappa shape index (κ3) is 5.73. The molecule has 2 atom stereocenters. The molecule has 0 aliphatic rings. The quantitative estimate of drug-likeness (QED) is 0.753. The summed E-state index contributed by atoms with van der Waals surface area (Å²) in [5.74, 6) is -0.0276. The summed E-state index contributed by atoms with van der Waals surface area (Å²) in [6, 6.07) is -0.188. The normalized spacial score (nSPS) is 15.4. The molecule has 0 fully saturated rings. The fourth-order valence-corrected chi connectivity index (χ4v) is 1.43. The molecular weight excluding hydrogens is 206 g/mol. The minimum absolute atomic E-state index is 0.188. The van der Waals surface area contributed by atoms with Crippen molar-refractivity contribution < 1.29 is 14.3 Å². The lowest BCUT2D eigenvalue weighted by atomic mass is 9.93. The molecule has 94 valence electrons. The van der Waals surface area contributed by atoms with Crippen molar-refractivity contribution in [3.63, 3.8) is 0 Å². The molecule has 0 saturated heterocycles. The van der Waals surface area contributed by atoms with Crippen molar-refractivity contribution in [3.05, 3.63) is 0 Å². The van der Waals surface area contributed by atoms with Crippen LogP contribution in [0, 0.1) is 11.8 Å². The predicted molar refractivity (Wildman–Crippen MR) is 63.2 cm³/mol. The molecule has 2 unspecified atom stereocenters. The van der Waals surface area contributed by atoms with Crippen LogP contribution in [0.3, 0.4) is 0 Å². The maximum absolute atomic E-state index is 11.5. The van der Waals surface area contributed by atoms with Gasteiger partial charge in [0.1, 0.15) is 11.9 Å². The van der Waals surface area contributed by atoms with Crippen LogP contribution in [0.1, 0.15) is 41.5 Å². The van der Waals surface area contributed by atoms with E-state index in [0.717, 1.165) is 6.29 Å². The van der Waals surface area contributed by atoms with E-state index in [-0.39, 0.29) is 17.9 Å². The molecule has 16 heavy (non-hydrogen) atoms. The Morgan fingerprint density at radius 3 is 2.06 bits per heavy atom. The van der Waals surface area contributed by atoms with E-state index >= 15 is 0 Å². The SMILES string of the molecule is CC(C)C(NC(=O)OC(C)(C)C)C(C)C=O. The standard InChI is InChI=1S/C12H23NO3/c1-8(2)10(9(3)7-14)13-11(15)16-12(4,5)6/h7-10H,1-6H3,(H,13,15). The van der Waals surface area contributed by atoms with Crippen LogP contribution >= 0.6 is 0 Å². The molecule has 1 amide bonds. The molecule has 0 rings (SSSR count). The lowest BCUT2D eigenvalue weighted by Crippen LogP contribution is -2.45. The molecule has 0 aliphatic heterocycles. The van der Waals surface area contributed by atoms with Crippen molar-refractivity contribution in [2.75, 3.05) is 0 Å². The van der Waals surface area contributed by atoms with Crippen LogP contribution in [-0.2, 0) is 9.53 Å². The molecule has 0 saturated carbocycles. The van der Waals surface area contributed by atoms with E-state index in [1.165, 1.54) is 0 Å². The number of hydrogen-bond acceptors (Lipinski definition) is 3. The van der Waals surface area contributed by atoms with Crippen molar-refractivity contribution in [1.82, 2.24) is 5.32 Å². The van der Waals surface area contributed by atoms with Crippen LogP contribution in [0.15, 0.2) is 0 Å². The Balaban J connectivity index is 4.41. The number of ether oxygens (including phenoxy) is 1. The van der Waals surface area contributed by atoms with Gasteiger partial charge < -0.3 is 14.8 Å². The highest BCUT2D eigenvalue weighted by Gasteiger charge is 2.25. The molecule has 4 heteroatoms. The zero-order valence-corrected chi connectivity index (χ0v) is 11.0. The first-order valence-corrected chi connectivity index (χ1v) is 5.62. The average molecular weight is 229 g/mol. The summed E-state index contributed by atoms with van der Waals surface area (Å²) in [5.41, 5.74) is -0.518. The van der Waals surface area contributed by atoms with Gasteiger partial charge in [-0.2, -0.15) is 0 Å². The molecule has 4 nitrogen and oxygen atoms in total. The van der Waals surface area contributed by atoms with Gasteiger partial charge >= 0.3 is 6.09 Å². The van der Waals surface area contributed by atoms with Crippen molar-refractivity contribution in [2.24, 2.45) is 11.8 Å². The van der Waals surface area contributed by atoms with Gasteiger partial charge in [0.2, 0.25) is 0 Å². The summed E-state index contributed by atoms with van der Waals surface area (Å²) in [5, 5.41) is 2.73. The summed E-state index contributed by atoms with van der Waals surface area (Å²) in [4.78, 5) is 22.3. The molecule has 0 aliphatic carbocycles. The topological polar surface area (TPSA) is 55.4 Å². The van der Waals surface area contributed by atoms with Crippen LogP contribution in [0.4, 0.5) is 4.79 Å². The van der Waals surface area contributed by atoms with Crippen molar-refractivity contribution >= 4 is 12.4 Å². The molecule has 1 N–H and O–H groups in total. The maximum Gasteiger partial charge on any atom is 0.407 e. The zero-order valence-electron chi connectivity index (χ0n) is 11.0. The van der Waals surface area contributed by atoms with E-state index in [2.05, 4.69) is 5.32 Å². The van der Waals surface area contributed by atoms with Gasteiger partial charge in [-0.3, -0.25) is 0 Å². The minimum Gasteiger partial charge on any atom is -0.444 e. The Morgan fingerprint density at radius 2 is 1.75 bits per heavy atom. The lowest BCUT2D eigenvalue weighted by molar-refractivity contribution is -0.111. The third-order valence-electron chi connectivity index (χ3n) is 2.18. The number of nitrogens with one attached hydrogen (secondary N) is 1. The summed E-state index contributed by atoms with van der Waals surface area (Å²) in [7, 11) is 0. The maximum atomic E-state index is 11.5. The van der Waals surface area contributed by atoms with E-state index in [0.29, 0.717) is 0 Å². The van der Waals surface area contributed by atoms with E-state index in [9.17, 15) is 9.59 Å². The fourth-order valence-electron chi connectivity index (χ4n) is 1.43. The van der Waals surface area contributed by atoms with Gasteiger partial charge in [0.15, 0.2) is 0 Å². The first-order valence-electron chi connectivity index (χ1n) is 5.62. The molecule has 0 bridgehead atoms. The van der Waals surface area contributed by atoms with Gasteiger partial charge in [-0.25, -0.2) is 4.79 Å². The first-order chi connectivity index (χ1) is 7.17. The Morgan fingerprint density at radius 1 is 1.25 bits per heavy atom.